The SMILES string of the molecule is O=C1C(=O)N(CCCN2CCOCC2)[C@H](c2cccs2)C1=C(O)c1ccccc1. The average Bonchev–Trinajstić information content (AvgIpc) is 3.37. The summed E-state index contributed by atoms with van der Waals surface area (Å²) in [6.45, 7) is 4.56. The molecule has 0 unspecified atom stereocenters. The Hall–Kier alpha value is -2.48. The zero-order valence-corrected chi connectivity index (χ0v) is 16.9. The second-order valence-electron chi connectivity index (χ2n) is 7.18. The van der Waals surface area contributed by atoms with Crippen LogP contribution < -0.4 is 0 Å². The number of hydrogen-bond acceptors (Lipinski definition) is 6. The van der Waals surface area contributed by atoms with E-state index in [-0.39, 0.29) is 11.3 Å². The summed E-state index contributed by atoms with van der Waals surface area (Å²) in [7, 11) is 0. The van der Waals surface area contributed by atoms with Crippen LogP contribution in [0.5, 0.6) is 0 Å². The molecule has 0 spiro atoms. The van der Waals surface area contributed by atoms with Crippen molar-refractivity contribution in [2.45, 2.75) is 12.5 Å². The molecule has 2 saturated heterocycles. The third-order valence-corrected chi connectivity index (χ3v) is 6.30. The van der Waals surface area contributed by atoms with Gasteiger partial charge in [0.25, 0.3) is 11.7 Å². The number of thiophene rings is 1. The molecule has 1 aromatic carbocycles. The molecule has 2 aliphatic rings. The van der Waals surface area contributed by atoms with Crippen LogP contribution in [-0.4, -0.2) is 66.0 Å². The van der Waals surface area contributed by atoms with Gasteiger partial charge in [-0.25, -0.2) is 0 Å². The maximum absolute atomic E-state index is 12.9. The summed E-state index contributed by atoms with van der Waals surface area (Å²) in [4.78, 5) is 30.5. The minimum absolute atomic E-state index is 0.113. The first kappa shape index (κ1) is 19.8. The van der Waals surface area contributed by atoms with Crippen LogP contribution in [0.3, 0.4) is 0 Å². The van der Waals surface area contributed by atoms with Crippen molar-refractivity contribution >= 4 is 28.8 Å². The van der Waals surface area contributed by atoms with Crippen LogP contribution in [0, 0.1) is 0 Å². The van der Waals surface area contributed by atoms with Crippen molar-refractivity contribution in [1.29, 1.82) is 0 Å². The predicted molar refractivity (Wildman–Crippen MR) is 112 cm³/mol. The summed E-state index contributed by atoms with van der Waals surface area (Å²) in [6, 6.07) is 12.2. The van der Waals surface area contributed by atoms with Gasteiger partial charge < -0.3 is 14.7 Å². The molecule has 2 fully saturated rings. The molecule has 1 N–H and O–H groups in total. The Balaban J connectivity index is 1.60. The number of nitrogens with zero attached hydrogens (tertiary/aromatic N) is 2. The van der Waals surface area contributed by atoms with Crippen LogP contribution in [0.25, 0.3) is 5.76 Å². The number of Topliss-reactive ketones (excluding diaryl/α,β-unsaturated/α-hetero) is 1. The second kappa shape index (κ2) is 8.90. The molecule has 0 aliphatic carbocycles. The smallest absolute Gasteiger partial charge is 0.295 e. The highest BCUT2D eigenvalue weighted by molar-refractivity contribution is 7.10. The van der Waals surface area contributed by atoms with Crippen molar-refractivity contribution in [3.8, 4) is 0 Å². The third kappa shape index (κ3) is 4.12. The molecule has 7 heteroatoms. The Bertz CT molecular complexity index is 889. The highest BCUT2D eigenvalue weighted by atomic mass is 32.1. The number of aliphatic hydroxyl groups excluding tert-OH is 1. The Morgan fingerprint density at radius 1 is 1.07 bits per heavy atom. The number of amides is 1. The fourth-order valence-electron chi connectivity index (χ4n) is 3.89. The summed E-state index contributed by atoms with van der Waals surface area (Å²) in [5.41, 5.74) is 0.718. The number of hydrogen-bond donors (Lipinski definition) is 1. The normalized spacial score (nSPS) is 22.3. The zero-order chi connectivity index (χ0) is 20.2. The number of carbonyl (C=O) groups excluding carboxylic acids is 2. The number of likely N-dealkylation sites (tertiary alicyclic amines) is 1. The molecule has 152 valence electrons. The number of aliphatic hydroxyl groups is 1. The second-order valence-corrected chi connectivity index (χ2v) is 8.16. The van der Waals surface area contributed by atoms with Crippen molar-refractivity contribution in [2.24, 2.45) is 0 Å². The van der Waals surface area contributed by atoms with Crippen LogP contribution in [0.2, 0.25) is 0 Å². The molecule has 1 aromatic heterocycles. The first-order valence-corrected chi connectivity index (χ1v) is 10.7. The minimum Gasteiger partial charge on any atom is -0.507 e. The van der Waals surface area contributed by atoms with E-state index in [0.717, 1.165) is 44.1 Å². The van der Waals surface area contributed by atoms with E-state index in [1.54, 1.807) is 29.2 Å². The molecular formula is C22H24N2O4S. The zero-order valence-electron chi connectivity index (χ0n) is 16.1. The van der Waals surface area contributed by atoms with Gasteiger partial charge in [-0.05, 0) is 17.9 Å². The number of carbonyl (C=O) groups is 2. The van der Waals surface area contributed by atoms with Crippen LogP contribution in [-0.2, 0) is 14.3 Å². The van der Waals surface area contributed by atoms with Crippen LogP contribution in [0.4, 0.5) is 0 Å². The summed E-state index contributed by atoms with van der Waals surface area (Å²) in [6.07, 6.45) is 0.764. The lowest BCUT2D eigenvalue weighted by atomic mass is 10.00. The van der Waals surface area contributed by atoms with Gasteiger partial charge >= 0.3 is 0 Å². The van der Waals surface area contributed by atoms with E-state index < -0.39 is 17.7 Å². The first-order valence-electron chi connectivity index (χ1n) is 9.84. The van der Waals surface area contributed by atoms with Gasteiger partial charge in [-0.1, -0.05) is 36.4 Å². The van der Waals surface area contributed by atoms with E-state index in [2.05, 4.69) is 4.90 Å². The van der Waals surface area contributed by atoms with Gasteiger partial charge in [-0.15, -0.1) is 11.3 Å². The van der Waals surface area contributed by atoms with Gasteiger partial charge in [-0.3, -0.25) is 14.5 Å². The highest BCUT2D eigenvalue weighted by Gasteiger charge is 2.46. The van der Waals surface area contributed by atoms with E-state index in [9.17, 15) is 14.7 Å². The Morgan fingerprint density at radius 2 is 1.83 bits per heavy atom. The summed E-state index contributed by atoms with van der Waals surface area (Å²) in [5.74, 6) is -1.27. The molecule has 0 radical (unpaired) electrons. The highest BCUT2D eigenvalue weighted by Crippen LogP contribution is 2.41. The molecule has 2 aliphatic heterocycles. The van der Waals surface area contributed by atoms with Crippen molar-refractivity contribution in [1.82, 2.24) is 9.80 Å². The van der Waals surface area contributed by atoms with Gasteiger partial charge in [0.05, 0.1) is 24.8 Å². The van der Waals surface area contributed by atoms with Gasteiger partial charge in [0.2, 0.25) is 0 Å². The number of ketones is 1. The number of ether oxygens (including phenoxy) is 1. The summed E-state index contributed by atoms with van der Waals surface area (Å²) < 4.78 is 5.38. The Morgan fingerprint density at radius 3 is 2.52 bits per heavy atom. The summed E-state index contributed by atoms with van der Waals surface area (Å²) in [5, 5.41) is 12.8. The summed E-state index contributed by atoms with van der Waals surface area (Å²) >= 11 is 1.49. The molecule has 1 amide bonds. The Kier molecular flexibility index (Phi) is 6.08. The lowest BCUT2D eigenvalue weighted by molar-refractivity contribution is -0.140. The predicted octanol–water partition coefficient (Wildman–Crippen LogP) is 2.89. The largest absolute Gasteiger partial charge is 0.507 e. The minimum atomic E-state index is -0.615. The average molecular weight is 413 g/mol. The van der Waals surface area contributed by atoms with Crippen molar-refractivity contribution in [2.75, 3.05) is 39.4 Å². The van der Waals surface area contributed by atoms with Crippen LogP contribution in [0.1, 0.15) is 22.9 Å². The van der Waals surface area contributed by atoms with Crippen molar-refractivity contribution in [3.63, 3.8) is 0 Å². The van der Waals surface area contributed by atoms with E-state index in [0.29, 0.717) is 12.1 Å². The van der Waals surface area contributed by atoms with Crippen LogP contribution >= 0.6 is 11.3 Å². The lowest BCUT2D eigenvalue weighted by Crippen LogP contribution is -2.38. The molecule has 0 bridgehead atoms. The maximum Gasteiger partial charge on any atom is 0.295 e. The maximum atomic E-state index is 12.9. The topological polar surface area (TPSA) is 70.1 Å². The first-order chi connectivity index (χ1) is 14.2. The molecule has 0 saturated carbocycles. The Labute approximate surface area is 174 Å². The number of benzene rings is 1. The third-order valence-electron chi connectivity index (χ3n) is 5.38. The monoisotopic (exact) mass is 412 g/mol. The van der Waals surface area contributed by atoms with E-state index in [1.165, 1.54) is 11.3 Å². The van der Waals surface area contributed by atoms with Gasteiger partial charge in [0.1, 0.15) is 5.76 Å². The van der Waals surface area contributed by atoms with Crippen LogP contribution in [0.15, 0.2) is 53.4 Å². The fraction of sp³-hybridized carbons (Fsp3) is 0.364. The molecule has 29 heavy (non-hydrogen) atoms. The quantitative estimate of drug-likeness (QED) is 0.449. The molecular weight excluding hydrogens is 388 g/mol. The van der Waals surface area contributed by atoms with Crippen molar-refractivity contribution in [3.05, 3.63) is 63.9 Å². The van der Waals surface area contributed by atoms with E-state index >= 15 is 0 Å². The number of morpholine rings is 1. The van der Waals surface area contributed by atoms with E-state index in [4.69, 9.17) is 4.74 Å². The standard InChI is InChI=1S/C22H24N2O4S/c25-20(16-6-2-1-3-7-16)18-19(17-8-4-15-29-17)24(22(27)21(18)26)10-5-9-23-11-13-28-14-12-23/h1-4,6-8,15,19,25H,5,9-14H2/t19-/m1/s1. The molecule has 3 heterocycles. The molecule has 6 nitrogen and oxygen atoms in total. The lowest BCUT2D eigenvalue weighted by Gasteiger charge is -2.28. The van der Waals surface area contributed by atoms with Gasteiger partial charge in [0.15, 0.2) is 0 Å². The molecule has 1 atom stereocenters. The molecule has 2 aromatic rings. The molecule has 4 rings (SSSR count). The fourth-order valence-corrected chi connectivity index (χ4v) is 4.74. The van der Waals surface area contributed by atoms with E-state index in [1.807, 2.05) is 23.6 Å². The van der Waals surface area contributed by atoms with Gasteiger partial charge in [-0.2, -0.15) is 0 Å². The van der Waals surface area contributed by atoms with Crippen molar-refractivity contribution < 1.29 is 19.4 Å². The van der Waals surface area contributed by atoms with Gasteiger partial charge in [0, 0.05) is 36.6 Å². The number of rotatable bonds is 6.